The second-order valence-corrected chi connectivity index (χ2v) is 3.00. The van der Waals surface area contributed by atoms with E-state index in [-0.39, 0.29) is 0 Å². The number of hydrogen-bond acceptors (Lipinski definition) is 1. The van der Waals surface area contributed by atoms with Gasteiger partial charge >= 0.3 is 0 Å². The molecule has 0 fully saturated rings. The van der Waals surface area contributed by atoms with Gasteiger partial charge < -0.3 is 5.11 Å². The lowest BCUT2D eigenvalue weighted by molar-refractivity contribution is 0.471. The van der Waals surface area contributed by atoms with Crippen LogP contribution in [0.15, 0.2) is 18.2 Å². The molecule has 0 aliphatic heterocycles. The standard InChI is InChI=1S/C10H13O/c1-7(2)9-4-5-10(11)8(3)6-9/h4-6,11H,1-3H3. The molecule has 1 nitrogen and oxygen atoms in total. The van der Waals surface area contributed by atoms with Crippen molar-refractivity contribution >= 4 is 0 Å². The Balaban J connectivity index is 3.05. The van der Waals surface area contributed by atoms with Gasteiger partial charge in [0.1, 0.15) is 5.75 Å². The second kappa shape index (κ2) is 2.95. The van der Waals surface area contributed by atoms with Crippen LogP contribution in [0, 0.1) is 12.8 Å². The summed E-state index contributed by atoms with van der Waals surface area (Å²) in [6.45, 7) is 6.03. The van der Waals surface area contributed by atoms with E-state index in [9.17, 15) is 5.11 Å². The number of aryl methyl sites for hydroxylation is 1. The van der Waals surface area contributed by atoms with Gasteiger partial charge in [0.05, 0.1) is 0 Å². The molecule has 0 atom stereocenters. The van der Waals surface area contributed by atoms with Crippen molar-refractivity contribution in [3.63, 3.8) is 0 Å². The Morgan fingerprint density at radius 2 is 1.91 bits per heavy atom. The normalized spacial score (nSPS) is 10.5. The Morgan fingerprint density at radius 3 is 2.36 bits per heavy atom. The van der Waals surface area contributed by atoms with Crippen LogP contribution in [-0.4, -0.2) is 5.11 Å². The Bertz CT molecular complexity index is 251. The number of aromatic hydroxyl groups is 1. The maximum Gasteiger partial charge on any atom is 0.118 e. The molecule has 1 rings (SSSR count). The van der Waals surface area contributed by atoms with Crippen LogP contribution < -0.4 is 0 Å². The van der Waals surface area contributed by atoms with Crippen LogP contribution in [0.1, 0.15) is 25.0 Å². The molecule has 59 valence electrons. The van der Waals surface area contributed by atoms with Crippen LogP contribution in [0.5, 0.6) is 5.75 Å². The highest BCUT2D eigenvalue weighted by Crippen LogP contribution is 2.21. The largest absolute Gasteiger partial charge is 0.508 e. The third-order valence-electron chi connectivity index (χ3n) is 1.77. The highest BCUT2D eigenvalue weighted by atomic mass is 16.3. The summed E-state index contributed by atoms with van der Waals surface area (Å²) in [5.41, 5.74) is 2.13. The lowest BCUT2D eigenvalue weighted by Crippen LogP contribution is -1.88. The molecule has 0 heterocycles. The molecule has 0 unspecified atom stereocenters. The van der Waals surface area contributed by atoms with Gasteiger partial charge in [0, 0.05) is 0 Å². The minimum absolute atomic E-state index is 0.370. The minimum atomic E-state index is 0.370. The molecule has 1 aromatic carbocycles. The van der Waals surface area contributed by atoms with Crippen molar-refractivity contribution in [1.29, 1.82) is 0 Å². The van der Waals surface area contributed by atoms with E-state index in [0.29, 0.717) is 5.75 Å². The van der Waals surface area contributed by atoms with Gasteiger partial charge in [0.25, 0.3) is 0 Å². The topological polar surface area (TPSA) is 20.2 Å². The van der Waals surface area contributed by atoms with E-state index in [1.54, 1.807) is 6.07 Å². The van der Waals surface area contributed by atoms with Crippen LogP contribution in [0.3, 0.4) is 0 Å². The molecular formula is C10H13O. The van der Waals surface area contributed by atoms with E-state index in [1.165, 1.54) is 11.5 Å². The lowest BCUT2D eigenvalue weighted by atomic mass is 10.0. The lowest BCUT2D eigenvalue weighted by Gasteiger charge is -2.06. The van der Waals surface area contributed by atoms with Gasteiger partial charge in [0.15, 0.2) is 0 Å². The maximum absolute atomic E-state index is 9.22. The molecule has 0 saturated heterocycles. The summed E-state index contributed by atoms with van der Waals surface area (Å²) < 4.78 is 0. The fourth-order valence-corrected chi connectivity index (χ4v) is 0.966. The van der Waals surface area contributed by atoms with Gasteiger partial charge in [-0.15, -0.1) is 0 Å². The van der Waals surface area contributed by atoms with Gasteiger partial charge in [-0.2, -0.15) is 0 Å². The summed E-state index contributed by atoms with van der Waals surface area (Å²) in [4.78, 5) is 0. The van der Waals surface area contributed by atoms with Crippen LogP contribution >= 0.6 is 0 Å². The van der Waals surface area contributed by atoms with Gasteiger partial charge in [-0.05, 0) is 30.0 Å². The summed E-state index contributed by atoms with van der Waals surface area (Å²) in [5.74, 6) is 1.64. The molecule has 0 aliphatic rings. The van der Waals surface area contributed by atoms with Crippen molar-refractivity contribution < 1.29 is 5.11 Å². The van der Waals surface area contributed by atoms with Crippen molar-refractivity contribution in [2.75, 3.05) is 0 Å². The SMILES string of the molecule is C[C](C)c1ccc(O)c(C)c1. The molecule has 1 radical (unpaired) electrons. The quantitative estimate of drug-likeness (QED) is 0.650. The number of benzene rings is 1. The van der Waals surface area contributed by atoms with Crippen LogP contribution in [0.2, 0.25) is 0 Å². The van der Waals surface area contributed by atoms with E-state index >= 15 is 0 Å². The maximum atomic E-state index is 9.22. The van der Waals surface area contributed by atoms with Crippen LogP contribution in [0.4, 0.5) is 0 Å². The van der Waals surface area contributed by atoms with Crippen molar-refractivity contribution in [3.05, 3.63) is 35.2 Å². The first-order valence-electron chi connectivity index (χ1n) is 3.71. The van der Waals surface area contributed by atoms with Crippen LogP contribution in [0.25, 0.3) is 0 Å². The Kier molecular flexibility index (Phi) is 2.18. The summed E-state index contributed by atoms with van der Waals surface area (Å²) in [7, 11) is 0. The first kappa shape index (κ1) is 8.12. The highest BCUT2D eigenvalue weighted by Gasteiger charge is 2.01. The van der Waals surface area contributed by atoms with Crippen molar-refractivity contribution in [1.82, 2.24) is 0 Å². The van der Waals surface area contributed by atoms with E-state index in [2.05, 4.69) is 13.8 Å². The monoisotopic (exact) mass is 149 g/mol. The smallest absolute Gasteiger partial charge is 0.118 e. The van der Waals surface area contributed by atoms with E-state index in [0.717, 1.165) is 5.56 Å². The summed E-state index contributed by atoms with van der Waals surface area (Å²) in [6.07, 6.45) is 0. The fraction of sp³-hybridized carbons (Fsp3) is 0.300. The molecular weight excluding hydrogens is 136 g/mol. The molecule has 0 aromatic heterocycles. The molecule has 0 aliphatic carbocycles. The predicted molar refractivity (Wildman–Crippen MR) is 46.5 cm³/mol. The molecule has 1 N–H and O–H groups in total. The molecule has 0 bridgehead atoms. The predicted octanol–water partition coefficient (Wildman–Crippen LogP) is 2.66. The first-order valence-corrected chi connectivity index (χ1v) is 3.71. The summed E-state index contributed by atoms with van der Waals surface area (Å²) in [5, 5.41) is 9.22. The number of phenols is 1. The molecule has 0 spiro atoms. The fourth-order valence-electron chi connectivity index (χ4n) is 0.966. The number of phenolic OH excluding ortho intramolecular Hbond substituents is 1. The zero-order valence-corrected chi connectivity index (χ0v) is 7.18. The Hall–Kier alpha value is -0.980. The van der Waals surface area contributed by atoms with Gasteiger partial charge in [-0.1, -0.05) is 26.0 Å². The second-order valence-electron chi connectivity index (χ2n) is 3.00. The van der Waals surface area contributed by atoms with E-state index < -0.39 is 0 Å². The molecule has 1 aromatic rings. The zero-order chi connectivity index (χ0) is 8.43. The summed E-state index contributed by atoms with van der Waals surface area (Å²) in [6, 6.07) is 5.65. The number of rotatable bonds is 1. The van der Waals surface area contributed by atoms with Gasteiger partial charge in [0.2, 0.25) is 0 Å². The van der Waals surface area contributed by atoms with E-state index in [1.807, 2.05) is 19.1 Å². The summed E-state index contributed by atoms with van der Waals surface area (Å²) >= 11 is 0. The number of hydrogen-bond donors (Lipinski definition) is 1. The Morgan fingerprint density at radius 1 is 1.27 bits per heavy atom. The molecule has 0 amide bonds. The van der Waals surface area contributed by atoms with Crippen molar-refractivity contribution in [2.24, 2.45) is 0 Å². The van der Waals surface area contributed by atoms with Crippen molar-refractivity contribution in [2.45, 2.75) is 20.8 Å². The zero-order valence-electron chi connectivity index (χ0n) is 7.18. The minimum Gasteiger partial charge on any atom is -0.508 e. The molecule has 0 saturated carbocycles. The van der Waals surface area contributed by atoms with Crippen molar-refractivity contribution in [3.8, 4) is 5.75 Å². The third-order valence-corrected chi connectivity index (χ3v) is 1.77. The van der Waals surface area contributed by atoms with Gasteiger partial charge in [-0.25, -0.2) is 0 Å². The average Bonchev–Trinajstić information content (AvgIpc) is 1.94. The Labute approximate surface area is 67.7 Å². The molecule has 1 heteroatoms. The third kappa shape index (κ3) is 1.73. The van der Waals surface area contributed by atoms with Gasteiger partial charge in [-0.3, -0.25) is 0 Å². The molecule has 11 heavy (non-hydrogen) atoms. The highest BCUT2D eigenvalue weighted by molar-refractivity contribution is 5.39. The average molecular weight is 149 g/mol. The van der Waals surface area contributed by atoms with E-state index in [4.69, 9.17) is 0 Å². The first-order chi connectivity index (χ1) is 5.11. The van der Waals surface area contributed by atoms with Crippen LogP contribution in [-0.2, 0) is 0 Å².